The average molecular weight is 366 g/mol. The van der Waals surface area contributed by atoms with E-state index in [1.807, 2.05) is 35.2 Å². The summed E-state index contributed by atoms with van der Waals surface area (Å²) in [7, 11) is 0. The van der Waals surface area contributed by atoms with Gasteiger partial charge in [-0.25, -0.2) is 4.79 Å². The van der Waals surface area contributed by atoms with Crippen molar-refractivity contribution in [1.82, 2.24) is 4.90 Å². The quantitative estimate of drug-likeness (QED) is 0.732. The van der Waals surface area contributed by atoms with Gasteiger partial charge in [0.2, 0.25) is 0 Å². The summed E-state index contributed by atoms with van der Waals surface area (Å²) >= 11 is 3.60. The van der Waals surface area contributed by atoms with Crippen LogP contribution in [0.3, 0.4) is 0 Å². The van der Waals surface area contributed by atoms with Crippen molar-refractivity contribution in [3.63, 3.8) is 0 Å². The van der Waals surface area contributed by atoms with E-state index in [1.165, 1.54) is 25.7 Å². The molecule has 1 spiro atoms. The van der Waals surface area contributed by atoms with Crippen LogP contribution in [0.5, 0.6) is 0 Å². The van der Waals surface area contributed by atoms with Crippen LogP contribution in [0.25, 0.3) is 0 Å². The van der Waals surface area contributed by atoms with Crippen molar-refractivity contribution < 1.29 is 9.53 Å². The lowest BCUT2D eigenvalue weighted by Crippen LogP contribution is -2.34. The van der Waals surface area contributed by atoms with Gasteiger partial charge in [0, 0.05) is 18.4 Å². The second kappa shape index (κ2) is 7.03. The van der Waals surface area contributed by atoms with E-state index in [4.69, 9.17) is 4.74 Å². The van der Waals surface area contributed by atoms with E-state index in [0.29, 0.717) is 12.0 Å². The molecule has 3 rings (SSSR count). The number of alkyl halides is 1. The summed E-state index contributed by atoms with van der Waals surface area (Å²) in [6, 6.07) is 9.88. The molecule has 4 heteroatoms. The minimum absolute atomic E-state index is 0.150. The second-order valence-corrected chi connectivity index (χ2v) is 7.46. The molecule has 0 unspecified atom stereocenters. The van der Waals surface area contributed by atoms with E-state index in [-0.39, 0.29) is 6.09 Å². The maximum Gasteiger partial charge on any atom is 0.410 e. The first-order valence-electron chi connectivity index (χ1n) is 8.22. The van der Waals surface area contributed by atoms with Crippen LogP contribution in [0.4, 0.5) is 4.79 Å². The molecular weight excluding hydrogens is 342 g/mol. The van der Waals surface area contributed by atoms with Gasteiger partial charge in [0.15, 0.2) is 0 Å². The van der Waals surface area contributed by atoms with Crippen LogP contribution in [0.1, 0.15) is 37.7 Å². The molecule has 1 aliphatic carbocycles. The fourth-order valence-electron chi connectivity index (χ4n) is 3.75. The normalized spacial score (nSPS) is 28.0. The first kappa shape index (κ1) is 15.9. The lowest BCUT2D eigenvalue weighted by Gasteiger charge is -2.36. The lowest BCUT2D eigenvalue weighted by atomic mass is 9.70. The molecule has 1 aromatic rings. The molecule has 0 bridgehead atoms. The fourth-order valence-corrected chi connectivity index (χ4v) is 4.40. The van der Waals surface area contributed by atoms with Gasteiger partial charge in [-0.1, -0.05) is 46.3 Å². The fraction of sp³-hybridized carbons (Fsp3) is 0.611. The highest BCUT2D eigenvalue weighted by Crippen LogP contribution is 2.45. The van der Waals surface area contributed by atoms with Crippen LogP contribution in [0.15, 0.2) is 30.3 Å². The first-order chi connectivity index (χ1) is 10.7. The highest BCUT2D eigenvalue weighted by molar-refractivity contribution is 9.09. The molecule has 2 fully saturated rings. The van der Waals surface area contributed by atoms with Gasteiger partial charge in [-0.05, 0) is 49.0 Å². The van der Waals surface area contributed by atoms with Crippen LogP contribution in [0, 0.1) is 11.3 Å². The number of ether oxygens (including phenoxy) is 1. The van der Waals surface area contributed by atoms with Crippen LogP contribution >= 0.6 is 15.9 Å². The molecule has 1 saturated heterocycles. The molecule has 0 atom stereocenters. The Morgan fingerprint density at radius 2 is 1.95 bits per heavy atom. The number of hydrogen-bond acceptors (Lipinski definition) is 2. The van der Waals surface area contributed by atoms with Gasteiger partial charge >= 0.3 is 6.09 Å². The summed E-state index contributed by atoms with van der Waals surface area (Å²) in [5.74, 6) is 0.824. The molecule has 1 amide bonds. The van der Waals surface area contributed by atoms with Gasteiger partial charge in [-0.2, -0.15) is 0 Å². The van der Waals surface area contributed by atoms with Gasteiger partial charge in [0.05, 0.1) is 0 Å². The second-order valence-electron chi connectivity index (χ2n) is 6.81. The van der Waals surface area contributed by atoms with Gasteiger partial charge in [-0.3, -0.25) is 0 Å². The zero-order chi connectivity index (χ0) is 15.4. The number of nitrogens with zero attached hydrogens (tertiary/aromatic N) is 1. The van der Waals surface area contributed by atoms with Crippen molar-refractivity contribution in [2.24, 2.45) is 11.3 Å². The van der Waals surface area contributed by atoms with Crippen LogP contribution < -0.4 is 0 Å². The molecule has 120 valence electrons. The smallest absolute Gasteiger partial charge is 0.410 e. The van der Waals surface area contributed by atoms with E-state index in [1.54, 1.807) is 0 Å². The Morgan fingerprint density at radius 3 is 2.64 bits per heavy atom. The molecule has 1 aliphatic heterocycles. The summed E-state index contributed by atoms with van der Waals surface area (Å²) in [5.41, 5.74) is 1.41. The van der Waals surface area contributed by atoms with Gasteiger partial charge in [0.1, 0.15) is 6.61 Å². The average Bonchev–Trinajstić information content (AvgIpc) is 2.98. The molecular formula is C18H24BrNO2. The van der Waals surface area contributed by atoms with Gasteiger partial charge in [-0.15, -0.1) is 0 Å². The Morgan fingerprint density at radius 1 is 1.23 bits per heavy atom. The SMILES string of the molecule is O=C(OCc1ccccc1)N1CCC2(CCC(CBr)CC2)C1. The lowest BCUT2D eigenvalue weighted by molar-refractivity contribution is 0.0937. The third-order valence-electron chi connectivity index (χ3n) is 5.29. The van der Waals surface area contributed by atoms with Crippen LogP contribution in [0.2, 0.25) is 0 Å². The predicted octanol–water partition coefficient (Wildman–Crippen LogP) is 4.60. The summed E-state index contributed by atoms with van der Waals surface area (Å²) in [4.78, 5) is 14.2. The number of rotatable bonds is 3. The third-order valence-corrected chi connectivity index (χ3v) is 6.20. The molecule has 1 saturated carbocycles. The largest absolute Gasteiger partial charge is 0.445 e. The first-order valence-corrected chi connectivity index (χ1v) is 9.34. The summed E-state index contributed by atoms with van der Waals surface area (Å²) in [6.07, 6.45) is 6.08. The number of halogens is 1. The number of likely N-dealkylation sites (tertiary alicyclic amines) is 1. The Hall–Kier alpha value is -1.03. The summed E-state index contributed by atoms with van der Waals surface area (Å²) < 4.78 is 5.47. The Bertz CT molecular complexity index is 497. The van der Waals surface area contributed by atoms with E-state index < -0.39 is 0 Å². The molecule has 22 heavy (non-hydrogen) atoms. The van der Waals surface area contributed by atoms with Gasteiger partial charge in [0.25, 0.3) is 0 Å². The van der Waals surface area contributed by atoms with E-state index in [2.05, 4.69) is 15.9 Å². The molecule has 2 aliphatic rings. The molecule has 3 nitrogen and oxygen atoms in total. The highest BCUT2D eigenvalue weighted by atomic mass is 79.9. The zero-order valence-electron chi connectivity index (χ0n) is 13.0. The van der Waals surface area contributed by atoms with Crippen molar-refractivity contribution in [2.45, 2.75) is 38.7 Å². The van der Waals surface area contributed by atoms with E-state index in [9.17, 15) is 4.79 Å². The number of benzene rings is 1. The number of hydrogen-bond donors (Lipinski definition) is 0. The summed E-state index contributed by atoms with van der Waals surface area (Å²) in [5, 5.41) is 1.12. The zero-order valence-corrected chi connectivity index (χ0v) is 14.6. The van der Waals surface area contributed by atoms with Crippen LogP contribution in [-0.2, 0) is 11.3 Å². The van der Waals surface area contributed by atoms with Crippen molar-refractivity contribution in [3.05, 3.63) is 35.9 Å². The minimum Gasteiger partial charge on any atom is -0.445 e. The Labute approximate surface area is 141 Å². The maximum atomic E-state index is 12.3. The number of amides is 1. The molecule has 1 aromatic carbocycles. The topological polar surface area (TPSA) is 29.5 Å². The third kappa shape index (κ3) is 3.65. The minimum atomic E-state index is -0.150. The van der Waals surface area contributed by atoms with Crippen LogP contribution in [-0.4, -0.2) is 29.4 Å². The molecule has 0 radical (unpaired) electrons. The predicted molar refractivity (Wildman–Crippen MR) is 91.0 cm³/mol. The Balaban J connectivity index is 1.49. The monoisotopic (exact) mass is 365 g/mol. The van der Waals surface area contributed by atoms with Crippen molar-refractivity contribution in [1.29, 1.82) is 0 Å². The highest BCUT2D eigenvalue weighted by Gasteiger charge is 2.42. The van der Waals surface area contributed by atoms with Gasteiger partial charge < -0.3 is 9.64 Å². The van der Waals surface area contributed by atoms with Crippen molar-refractivity contribution >= 4 is 22.0 Å². The summed E-state index contributed by atoms with van der Waals surface area (Å²) in [6.45, 7) is 2.11. The maximum absolute atomic E-state index is 12.3. The molecule has 0 aromatic heterocycles. The van der Waals surface area contributed by atoms with Crippen molar-refractivity contribution in [3.8, 4) is 0 Å². The Kier molecular flexibility index (Phi) is 5.07. The standard InChI is InChI=1S/C18H24BrNO2/c19-12-15-6-8-18(9-7-15)10-11-20(14-18)17(21)22-13-16-4-2-1-3-5-16/h1-5,15H,6-14H2. The molecule has 0 N–H and O–H groups in total. The van der Waals surface area contributed by atoms with E-state index in [0.717, 1.165) is 36.3 Å². The number of carbonyl (C=O) groups is 1. The molecule has 1 heterocycles. The van der Waals surface area contributed by atoms with Crippen molar-refractivity contribution in [2.75, 3.05) is 18.4 Å². The number of carbonyl (C=O) groups excluding carboxylic acids is 1. The van der Waals surface area contributed by atoms with E-state index >= 15 is 0 Å².